The van der Waals surface area contributed by atoms with E-state index in [1.54, 1.807) is 24.3 Å². The molecule has 5 nitrogen and oxygen atoms in total. The number of carbonyl (C=O) groups excluding carboxylic acids is 2. The monoisotopic (exact) mass is 386 g/mol. The third-order valence-corrected chi connectivity index (χ3v) is 4.08. The van der Waals surface area contributed by atoms with E-state index in [2.05, 4.69) is 15.6 Å². The summed E-state index contributed by atoms with van der Waals surface area (Å²) >= 11 is 7.04. The van der Waals surface area contributed by atoms with Gasteiger partial charge in [-0.2, -0.15) is 8.78 Å². The molecule has 2 rings (SSSR count). The molecular formula is C16H13ClF2N2O3S. The topological polar surface area (TPSA) is 67.4 Å². The van der Waals surface area contributed by atoms with Gasteiger partial charge in [0.25, 0.3) is 5.91 Å². The van der Waals surface area contributed by atoms with Gasteiger partial charge in [0, 0.05) is 15.5 Å². The van der Waals surface area contributed by atoms with Crippen molar-refractivity contribution in [3.8, 4) is 5.75 Å². The Morgan fingerprint density at radius 3 is 2.52 bits per heavy atom. The summed E-state index contributed by atoms with van der Waals surface area (Å²) in [5.41, 5.74) is 4.53. The molecule has 0 aliphatic carbocycles. The molecule has 0 aliphatic rings. The molecule has 0 fully saturated rings. The fourth-order valence-corrected chi connectivity index (χ4v) is 2.55. The second kappa shape index (κ2) is 9.24. The molecule has 2 amide bonds. The van der Waals surface area contributed by atoms with Crippen molar-refractivity contribution in [2.75, 3.05) is 5.75 Å². The SMILES string of the molecule is O=C(CSc1ccc(Cl)cc1)NNC(=O)c1cccc(OC(F)F)c1. The van der Waals surface area contributed by atoms with Crippen LogP contribution in [0.5, 0.6) is 5.75 Å². The van der Waals surface area contributed by atoms with E-state index in [0.29, 0.717) is 5.02 Å². The predicted molar refractivity (Wildman–Crippen MR) is 90.9 cm³/mol. The van der Waals surface area contributed by atoms with E-state index in [1.807, 2.05) is 0 Å². The van der Waals surface area contributed by atoms with Gasteiger partial charge in [0.05, 0.1) is 5.75 Å². The summed E-state index contributed by atoms with van der Waals surface area (Å²) in [6, 6.07) is 12.2. The van der Waals surface area contributed by atoms with Crippen molar-refractivity contribution in [1.29, 1.82) is 0 Å². The number of hydrogen-bond donors (Lipinski definition) is 2. The lowest BCUT2D eigenvalue weighted by Crippen LogP contribution is -2.42. The Balaban J connectivity index is 1.80. The van der Waals surface area contributed by atoms with Gasteiger partial charge < -0.3 is 4.74 Å². The molecule has 0 spiro atoms. The molecule has 2 N–H and O–H groups in total. The van der Waals surface area contributed by atoms with E-state index in [9.17, 15) is 18.4 Å². The molecule has 0 saturated carbocycles. The number of ether oxygens (including phenoxy) is 1. The number of hydrogen-bond acceptors (Lipinski definition) is 4. The van der Waals surface area contributed by atoms with Gasteiger partial charge >= 0.3 is 6.61 Å². The van der Waals surface area contributed by atoms with Crippen LogP contribution in [0, 0.1) is 0 Å². The van der Waals surface area contributed by atoms with Gasteiger partial charge in [0.15, 0.2) is 0 Å². The number of hydrazine groups is 1. The van der Waals surface area contributed by atoms with Crippen molar-refractivity contribution in [2.45, 2.75) is 11.5 Å². The molecule has 0 bridgehead atoms. The molecule has 0 atom stereocenters. The van der Waals surface area contributed by atoms with Crippen molar-refractivity contribution in [1.82, 2.24) is 10.9 Å². The molecule has 2 aromatic carbocycles. The fourth-order valence-electron chi connectivity index (χ4n) is 1.73. The van der Waals surface area contributed by atoms with Crippen LogP contribution >= 0.6 is 23.4 Å². The summed E-state index contributed by atoms with van der Waals surface area (Å²) in [6.07, 6.45) is 0. The molecule has 9 heteroatoms. The van der Waals surface area contributed by atoms with Crippen LogP contribution in [0.25, 0.3) is 0 Å². The first-order valence-electron chi connectivity index (χ1n) is 6.96. The Hall–Kier alpha value is -2.32. The maximum absolute atomic E-state index is 12.2. The Morgan fingerprint density at radius 2 is 1.84 bits per heavy atom. The Kier molecular flexibility index (Phi) is 7.03. The molecule has 0 saturated heterocycles. The zero-order valence-corrected chi connectivity index (χ0v) is 14.2. The predicted octanol–water partition coefficient (Wildman–Crippen LogP) is 3.49. The number of alkyl halides is 2. The molecular weight excluding hydrogens is 374 g/mol. The van der Waals surface area contributed by atoms with Gasteiger partial charge in [-0.1, -0.05) is 17.7 Å². The van der Waals surface area contributed by atoms with Crippen LogP contribution in [0.4, 0.5) is 8.78 Å². The quantitative estimate of drug-likeness (QED) is 0.589. The van der Waals surface area contributed by atoms with Crippen molar-refractivity contribution in [3.63, 3.8) is 0 Å². The molecule has 25 heavy (non-hydrogen) atoms. The summed E-state index contributed by atoms with van der Waals surface area (Å²) in [6.45, 7) is -2.98. The highest BCUT2D eigenvalue weighted by Crippen LogP contribution is 2.20. The van der Waals surface area contributed by atoms with Crippen LogP contribution in [-0.4, -0.2) is 24.2 Å². The minimum absolute atomic E-state index is 0.0730. The van der Waals surface area contributed by atoms with E-state index in [0.717, 1.165) is 11.0 Å². The van der Waals surface area contributed by atoms with Gasteiger partial charge in [-0.3, -0.25) is 20.4 Å². The number of carbonyl (C=O) groups is 2. The van der Waals surface area contributed by atoms with Crippen LogP contribution in [0.2, 0.25) is 5.02 Å². The van der Waals surface area contributed by atoms with E-state index in [4.69, 9.17) is 11.6 Å². The first kappa shape index (κ1) is 19.0. The largest absolute Gasteiger partial charge is 0.435 e. The van der Waals surface area contributed by atoms with E-state index >= 15 is 0 Å². The molecule has 0 aromatic heterocycles. The van der Waals surface area contributed by atoms with Gasteiger partial charge in [-0.15, -0.1) is 11.8 Å². The number of amides is 2. The molecule has 0 unspecified atom stereocenters. The average Bonchev–Trinajstić information content (AvgIpc) is 2.59. The number of thioether (sulfide) groups is 1. The van der Waals surface area contributed by atoms with Gasteiger partial charge in [-0.05, 0) is 42.5 Å². The number of halogens is 3. The van der Waals surface area contributed by atoms with Crippen LogP contribution in [-0.2, 0) is 4.79 Å². The van der Waals surface area contributed by atoms with Crippen LogP contribution in [0.1, 0.15) is 10.4 Å². The molecule has 2 aromatic rings. The summed E-state index contributed by atoms with van der Waals surface area (Å²) in [4.78, 5) is 24.5. The minimum Gasteiger partial charge on any atom is -0.435 e. The second-order valence-corrected chi connectivity index (χ2v) is 6.14. The number of rotatable bonds is 6. The second-order valence-electron chi connectivity index (χ2n) is 4.65. The summed E-state index contributed by atoms with van der Waals surface area (Å²) in [7, 11) is 0. The highest BCUT2D eigenvalue weighted by Gasteiger charge is 2.10. The molecule has 0 radical (unpaired) electrons. The lowest BCUT2D eigenvalue weighted by molar-refractivity contribution is -0.119. The molecule has 132 valence electrons. The maximum Gasteiger partial charge on any atom is 0.387 e. The van der Waals surface area contributed by atoms with Gasteiger partial charge in [0.1, 0.15) is 5.75 Å². The Labute approximate surface area is 151 Å². The summed E-state index contributed by atoms with van der Waals surface area (Å²) in [5.74, 6) is -1.14. The number of benzene rings is 2. The lowest BCUT2D eigenvalue weighted by Gasteiger charge is -2.09. The molecule has 0 heterocycles. The highest BCUT2D eigenvalue weighted by molar-refractivity contribution is 8.00. The lowest BCUT2D eigenvalue weighted by atomic mass is 10.2. The third-order valence-electron chi connectivity index (χ3n) is 2.82. The van der Waals surface area contributed by atoms with Crippen molar-refractivity contribution in [2.24, 2.45) is 0 Å². The zero-order chi connectivity index (χ0) is 18.2. The Bertz CT molecular complexity index is 744. The standard InChI is InChI=1S/C16H13ClF2N2O3S/c17-11-4-6-13(7-5-11)25-9-14(22)20-21-15(23)10-2-1-3-12(8-10)24-16(18)19/h1-8,16H,9H2,(H,20,22)(H,21,23). The zero-order valence-electron chi connectivity index (χ0n) is 12.7. The van der Waals surface area contributed by atoms with Crippen LogP contribution in [0.15, 0.2) is 53.4 Å². The van der Waals surface area contributed by atoms with Crippen molar-refractivity contribution < 1.29 is 23.1 Å². The highest BCUT2D eigenvalue weighted by atomic mass is 35.5. The van der Waals surface area contributed by atoms with Crippen LogP contribution in [0.3, 0.4) is 0 Å². The summed E-state index contributed by atoms with van der Waals surface area (Å²) < 4.78 is 28.5. The van der Waals surface area contributed by atoms with E-state index in [-0.39, 0.29) is 17.1 Å². The van der Waals surface area contributed by atoms with Crippen LogP contribution < -0.4 is 15.6 Å². The fraction of sp³-hybridized carbons (Fsp3) is 0.125. The normalized spacial score (nSPS) is 10.4. The van der Waals surface area contributed by atoms with Crippen molar-refractivity contribution >= 4 is 35.2 Å². The molecule has 0 aliphatic heterocycles. The Morgan fingerprint density at radius 1 is 1.12 bits per heavy atom. The van der Waals surface area contributed by atoms with Crippen molar-refractivity contribution in [3.05, 3.63) is 59.1 Å². The minimum atomic E-state index is -2.98. The number of nitrogens with one attached hydrogen (secondary N) is 2. The third kappa shape index (κ3) is 6.60. The first-order valence-corrected chi connectivity index (χ1v) is 8.33. The maximum atomic E-state index is 12.2. The van der Waals surface area contributed by atoms with E-state index in [1.165, 1.54) is 30.0 Å². The van der Waals surface area contributed by atoms with E-state index < -0.39 is 18.4 Å². The smallest absolute Gasteiger partial charge is 0.387 e. The van der Waals surface area contributed by atoms with Gasteiger partial charge in [0.2, 0.25) is 5.91 Å². The summed E-state index contributed by atoms with van der Waals surface area (Å²) in [5, 5.41) is 0.596. The average molecular weight is 387 g/mol. The first-order chi connectivity index (χ1) is 11.9. The van der Waals surface area contributed by atoms with Gasteiger partial charge in [-0.25, -0.2) is 0 Å².